The number of ether oxygens (including phenoxy) is 1. The fourth-order valence-electron chi connectivity index (χ4n) is 4.75. The number of nitrogens with one attached hydrogen (secondary N) is 1. The van der Waals surface area contributed by atoms with Gasteiger partial charge in [0.15, 0.2) is 0 Å². The average molecular weight is 582 g/mol. The van der Waals surface area contributed by atoms with Crippen molar-refractivity contribution >= 4 is 27.6 Å². The molecule has 41 heavy (non-hydrogen) atoms. The Morgan fingerprint density at radius 2 is 1.80 bits per heavy atom. The molecule has 218 valence electrons. The maximum absolute atomic E-state index is 13.7. The lowest BCUT2D eigenvalue weighted by atomic mass is 9.99. The van der Waals surface area contributed by atoms with Crippen LogP contribution in [-0.2, 0) is 16.6 Å². The number of hydrogen-bond acceptors (Lipinski definition) is 7. The molecule has 3 atom stereocenters. The number of carboxylic acid groups (broad SMARTS) is 1. The van der Waals surface area contributed by atoms with E-state index < -0.39 is 22.0 Å². The summed E-state index contributed by atoms with van der Waals surface area (Å²) < 4.78 is 34.8. The van der Waals surface area contributed by atoms with Crippen LogP contribution in [0.25, 0.3) is 0 Å². The molecule has 3 aromatic carbocycles. The predicted octanol–water partition coefficient (Wildman–Crippen LogP) is 3.54. The molecule has 0 aliphatic carbocycles. The maximum Gasteiger partial charge on any atom is 0.335 e. The number of rotatable bonds is 10. The normalized spacial score (nSPS) is 18.2. The quantitative estimate of drug-likeness (QED) is 0.331. The SMILES string of the molecule is C[C@@H]1CN([C@H](C)CO)C(=O)c2cc(NS(=O)(=O)c3ccccc3)ccc2O[C@H]1CN(C)Cc1ccc(C(=O)O)cc1. The van der Waals surface area contributed by atoms with Gasteiger partial charge in [-0.25, -0.2) is 13.2 Å². The van der Waals surface area contributed by atoms with Gasteiger partial charge in [0, 0.05) is 31.2 Å². The Balaban J connectivity index is 1.60. The standard InChI is InChI=1S/C30H35N3O7S/c1-20-16-33(21(2)19-34)29(35)26-15-24(31-41(38,39)25-7-5-4-6-8-25)13-14-27(26)40-28(20)18-32(3)17-22-9-11-23(12-10-22)30(36)37/h4-15,20-21,28,31,34H,16-19H2,1-3H3,(H,36,37)/t20-,21-,28+/m1/s1. The number of sulfonamides is 1. The van der Waals surface area contributed by atoms with Crippen LogP contribution >= 0.6 is 0 Å². The fraction of sp³-hybridized carbons (Fsp3) is 0.333. The van der Waals surface area contributed by atoms with Crippen molar-refractivity contribution in [3.63, 3.8) is 0 Å². The number of fused-ring (bicyclic) bond motifs is 1. The minimum absolute atomic E-state index is 0.0966. The average Bonchev–Trinajstić information content (AvgIpc) is 2.95. The number of aromatic carboxylic acids is 1. The molecule has 0 bridgehead atoms. The number of likely N-dealkylation sites (N-methyl/N-ethyl adjacent to an activating group) is 1. The number of benzene rings is 3. The van der Waals surface area contributed by atoms with E-state index in [1.165, 1.54) is 18.2 Å². The van der Waals surface area contributed by atoms with Crippen LogP contribution in [0, 0.1) is 5.92 Å². The summed E-state index contributed by atoms with van der Waals surface area (Å²) in [5, 5.41) is 19.1. The van der Waals surface area contributed by atoms with Crippen LogP contribution in [-0.4, -0.2) is 79.2 Å². The van der Waals surface area contributed by atoms with Crippen molar-refractivity contribution < 1.29 is 33.0 Å². The summed E-state index contributed by atoms with van der Waals surface area (Å²) in [6, 6.07) is 18.8. The molecule has 0 spiro atoms. The highest BCUT2D eigenvalue weighted by atomic mass is 32.2. The smallest absolute Gasteiger partial charge is 0.335 e. The second-order valence-electron chi connectivity index (χ2n) is 10.5. The highest BCUT2D eigenvalue weighted by Gasteiger charge is 2.33. The Bertz CT molecular complexity index is 1480. The lowest BCUT2D eigenvalue weighted by molar-refractivity contribution is 0.0341. The van der Waals surface area contributed by atoms with Gasteiger partial charge in [0.05, 0.1) is 28.7 Å². The summed E-state index contributed by atoms with van der Waals surface area (Å²) in [6.45, 7) is 4.89. The monoisotopic (exact) mass is 581 g/mol. The Morgan fingerprint density at radius 3 is 2.44 bits per heavy atom. The van der Waals surface area contributed by atoms with Gasteiger partial charge < -0.3 is 19.8 Å². The van der Waals surface area contributed by atoms with Crippen LogP contribution in [0.4, 0.5) is 5.69 Å². The second-order valence-corrected chi connectivity index (χ2v) is 12.1. The van der Waals surface area contributed by atoms with Crippen molar-refractivity contribution in [2.24, 2.45) is 5.92 Å². The molecule has 3 aromatic rings. The number of aliphatic hydroxyl groups excluding tert-OH is 1. The summed E-state index contributed by atoms with van der Waals surface area (Å²) in [7, 11) is -1.94. The fourth-order valence-corrected chi connectivity index (χ4v) is 5.82. The van der Waals surface area contributed by atoms with Crippen molar-refractivity contribution in [3.05, 3.63) is 89.5 Å². The number of anilines is 1. The Hall–Kier alpha value is -3.93. The molecular weight excluding hydrogens is 546 g/mol. The first-order valence-corrected chi connectivity index (χ1v) is 14.8. The maximum atomic E-state index is 13.7. The molecule has 0 fully saturated rings. The Kier molecular flexibility index (Phi) is 9.31. The van der Waals surface area contributed by atoms with E-state index in [0.29, 0.717) is 25.4 Å². The van der Waals surface area contributed by atoms with Gasteiger partial charge in [-0.15, -0.1) is 0 Å². The first-order valence-electron chi connectivity index (χ1n) is 13.3. The van der Waals surface area contributed by atoms with Gasteiger partial charge in [0.1, 0.15) is 11.9 Å². The van der Waals surface area contributed by atoms with E-state index in [2.05, 4.69) is 9.62 Å². The van der Waals surface area contributed by atoms with Gasteiger partial charge in [-0.2, -0.15) is 0 Å². The lowest BCUT2D eigenvalue weighted by Gasteiger charge is -2.38. The first-order chi connectivity index (χ1) is 19.5. The van der Waals surface area contributed by atoms with Gasteiger partial charge >= 0.3 is 5.97 Å². The van der Waals surface area contributed by atoms with E-state index in [9.17, 15) is 23.1 Å². The summed E-state index contributed by atoms with van der Waals surface area (Å²) in [4.78, 5) is 28.6. The number of aliphatic hydroxyl groups is 1. The minimum atomic E-state index is -3.88. The molecule has 4 rings (SSSR count). The molecule has 1 heterocycles. The van der Waals surface area contributed by atoms with Crippen LogP contribution in [0.5, 0.6) is 5.75 Å². The van der Waals surface area contributed by atoms with E-state index in [1.807, 2.05) is 14.0 Å². The van der Waals surface area contributed by atoms with E-state index in [-0.39, 0.29) is 46.2 Å². The zero-order chi connectivity index (χ0) is 29.7. The zero-order valence-electron chi connectivity index (χ0n) is 23.2. The lowest BCUT2D eigenvalue weighted by Crippen LogP contribution is -2.49. The molecule has 3 N–H and O–H groups in total. The van der Waals surface area contributed by atoms with Crippen molar-refractivity contribution in [3.8, 4) is 5.75 Å². The topological polar surface area (TPSA) is 136 Å². The number of carbonyl (C=O) groups is 2. The number of carbonyl (C=O) groups excluding carboxylic acids is 1. The number of amides is 1. The number of nitrogens with zero attached hydrogens (tertiary/aromatic N) is 2. The van der Waals surface area contributed by atoms with E-state index >= 15 is 0 Å². The van der Waals surface area contributed by atoms with Gasteiger partial charge in [0.25, 0.3) is 15.9 Å². The van der Waals surface area contributed by atoms with Crippen LogP contribution in [0.1, 0.15) is 40.1 Å². The van der Waals surface area contributed by atoms with E-state index in [4.69, 9.17) is 9.84 Å². The van der Waals surface area contributed by atoms with Crippen LogP contribution < -0.4 is 9.46 Å². The van der Waals surface area contributed by atoms with Gasteiger partial charge in [0.2, 0.25) is 0 Å². The third-order valence-electron chi connectivity index (χ3n) is 7.12. The third kappa shape index (κ3) is 7.24. The molecule has 0 saturated heterocycles. The molecule has 0 unspecified atom stereocenters. The molecule has 0 saturated carbocycles. The Morgan fingerprint density at radius 1 is 1.12 bits per heavy atom. The molecule has 0 radical (unpaired) electrons. The van der Waals surface area contributed by atoms with Gasteiger partial charge in [-0.1, -0.05) is 37.3 Å². The zero-order valence-corrected chi connectivity index (χ0v) is 24.0. The molecule has 1 aliphatic rings. The van der Waals surface area contributed by atoms with Crippen molar-refractivity contribution in [1.29, 1.82) is 0 Å². The third-order valence-corrected chi connectivity index (χ3v) is 8.51. The van der Waals surface area contributed by atoms with Crippen LogP contribution in [0.3, 0.4) is 0 Å². The van der Waals surface area contributed by atoms with Crippen LogP contribution in [0.15, 0.2) is 77.7 Å². The van der Waals surface area contributed by atoms with Crippen molar-refractivity contribution in [2.45, 2.75) is 37.4 Å². The van der Waals surface area contributed by atoms with Gasteiger partial charge in [-0.05, 0) is 62.0 Å². The molecular formula is C30H35N3O7S. The molecule has 11 heteroatoms. The highest BCUT2D eigenvalue weighted by Crippen LogP contribution is 2.31. The molecule has 10 nitrogen and oxygen atoms in total. The number of carboxylic acids is 1. The largest absolute Gasteiger partial charge is 0.488 e. The molecule has 1 aliphatic heterocycles. The van der Waals surface area contributed by atoms with Gasteiger partial charge in [-0.3, -0.25) is 14.4 Å². The summed E-state index contributed by atoms with van der Waals surface area (Å²) in [5.74, 6) is -1.12. The number of hydrogen-bond donors (Lipinski definition) is 3. The minimum Gasteiger partial charge on any atom is -0.488 e. The van der Waals surface area contributed by atoms with Crippen LogP contribution in [0.2, 0.25) is 0 Å². The highest BCUT2D eigenvalue weighted by molar-refractivity contribution is 7.92. The summed E-state index contributed by atoms with van der Waals surface area (Å²) in [5.41, 5.74) is 1.58. The summed E-state index contributed by atoms with van der Waals surface area (Å²) in [6.07, 6.45) is -0.342. The van der Waals surface area contributed by atoms with Crippen molar-refractivity contribution in [1.82, 2.24) is 9.80 Å². The summed E-state index contributed by atoms with van der Waals surface area (Å²) >= 11 is 0. The molecule has 1 amide bonds. The first kappa shape index (κ1) is 30.0. The van der Waals surface area contributed by atoms with Crippen molar-refractivity contribution in [2.75, 3.05) is 31.5 Å². The van der Waals surface area contributed by atoms with E-state index in [0.717, 1.165) is 5.56 Å². The van der Waals surface area contributed by atoms with E-state index in [1.54, 1.807) is 66.4 Å². The Labute approximate surface area is 240 Å². The molecule has 0 aromatic heterocycles. The second kappa shape index (κ2) is 12.7. The predicted molar refractivity (Wildman–Crippen MR) is 155 cm³/mol.